The second kappa shape index (κ2) is 7.34. The predicted octanol–water partition coefficient (Wildman–Crippen LogP) is 0.765. The normalized spacial score (nSPS) is 13.6. The summed E-state index contributed by atoms with van der Waals surface area (Å²) >= 11 is 0. The number of carbonyl (C=O) groups is 1. The maximum absolute atomic E-state index is 10.3. The highest BCUT2D eigenvalue weighted by Crippen LogP contribution is 2.01. The smallest absolute Gasteiger partial charge is 0.146 e. The number of carbonyl (C=O) groups excluding carboxylic acids is 1. The van der Waals surface area contributed by atoms with E-state index in [1.54, 1.807) is 7.05 Å². The van der Waals surface area contributed by atoms with Crippen LogP contribution in [0.5, 0.6) is 0 Å². The van der Waals surface area contributed by atoms with E-state index in [4.69, 9.17) is 5.73 Å². The molecule has 0 aliphatic rings. The van der Waals surface area contributed by atoms with Crippen LogP contribution in [-0.2, 0) is 4.79 Å². The summed E-state index contributed by atoms with van der Waals surface area (Å²) in [5.74, 6) is 0. The van der Waals surface area contributed by atoms with E-state index in [-0.39, 0.29) is 6.04 Å². The molecule has 0 heterocycles. The summed E-state index contributed by atoms with van der Waals surface area (Å²) < 4.78 is 0. The van der Waals surface area contributed by atoms with Gasteiger partial charge in [0.05, 0.1) is 0 Å². The van der Waals surface area contributed by atoms with Crippen LogP contribution in [-0.4, -0.2) is 25.9 Å². The van der Waals surface area contributed by atoms with Crippen LogP contribution in [0.25, 0.3) is 0 Å². The zero-order chi connectivity index (χ0) is 8.53. The van der Waals surface area contributed by atoms with Gasteiger partial charge in [0.15, 0.2) is 0 Å². The van der Waals surface area contributed by atoms with Crippen LogP contribution in [0.2, 0.25) is 0 Å². The van der Waals surface area contributed by atoms with Gasteiger partial charge in [0, 0.05) is 7.05 Å². The summed E-state index contributed by atoms with van der Waals surface area (Å²) in [4.78, 5) is 10.3. The lowest BCUT2D eigenvalue weighted by molar-refractivity contribution is -0.109. The lowest BCUT2D eigenvalue weighted by Crippen LogP contribution is -2.06. The van der Waals surface area contributed by atoms with E-state index < -0.39 is 0 Å². The number of hydrogen-bond acceptors (Lipinski definition) is 4. The van der Waals surface area contributed by atoms with Crippen LogP contribution in [0.3, 0.4) is 0 Å². The number of hydrogen-bond donors (Lipinski definition) is 1. The fourth-order valence-corrected chi connectivity index (χ4v) is 0.799. The first-order valence-electron chi connectivity index (χ1n) is 3.79. The molecule has 0 aliphatic heterocycles. The molecule has 0 saturated carbocycles. The Bertz CT molecular complexity index is 125. The third-order valence-electron chi connectivity index (χ3n) is 1.37. The van der Waals surface area contributed by atoms with E-state index in [0.717, 1.165) is 25.5 Å². The van der Waals surface area contributed by atoms with E-state index in [9.17, 15) is 4.79 Å². The van der Waals surface area contributed by atoms with E-state index in [2.05, 4.69) is 10.2 Å². The van der Waals surface area contributed by atoms with Gasteiger partial charge in [-0.3, -0.25) is 0 Å². The van der Waals surface area contributed by atoms with Crippen LogP contribution < -0.4 is 5.73 Å². The van der Waals surface area contributed by atoms with Crippen molar-refractivity contribution in [2.75, 3.05) is 13.6 Å². The van der Waals surface area contributed by atoms with Crippen molar-refractivity contribution in [3.8, 4) is 0 Å². The summed E-state index contributed by atoms with van der Waals surface area (Å²) in [6.07, 6.45) is 3.48. The van der Waals surface area contributed by atoms with Crippen molar-refractivity contribution in [2.24, 2.45) is 16.0 Å². The molecule has 2 N–H and O–H groups in total. The molecule has 4 nitrogen and oxygen atoms in total. The van der Waals surface area contributed by atoms with Gasteiger partial charge in [-0.25, -0.2) is 0 Å². The molecule has 0 aromatic carbocycles. The highest BCUT2D eigenvalue weighted by Gasteiger charge is 2.02. The molecule has 0 amide bonds. The third-order valence-corrected chi connectivity index (χ3v) is 1.37. The molecule has 4 heteroatoms. The molecule has 0 fully saturated rings. The summed E-state index contributed by atoms with van der Waals surface area (Å²) in [7, 11) is 1.57. The maximum Gasteiger partial charge on any atom is 0.146 e. The van der Waals surface area contributed by atoms with Crippen molar-refractivity contribution >= 4 is 6.29 Å². The molecule has 0 spiro atoms. The van der Waals surface area contributed by atoms with Crippen LogP contribution >= 0.6 is 0 Å². The zero-order valence-electron chi connectivity index (χ0n) is 6.86. The summed E-state index contributed by atoms with van der Waals surface area (Å²) in [6, 6.07) is -0.258. The highest BCUT2D eigenvalue weighted by atomic mass is 16.1. The number of nitrogens with two attached hydrogens (primary N) is 1. The fourth-order valence-electron chi connectivity index (χ4n) is 0.799. The minimum atomic E-state index is -0.258. The monoisotopic (exact) mass is 157 g/mol. The van der Waals surface area contributed by atoms with Gasteiger partial charge in [-0.1, -0.05) is 0 Å². The quantitative estimate of drug-likeness (QED) is 0.351. The maximum atomic E-state index is 10.3. The van der Waals surface area contributed by atoms with Crippen LogP contribution in [0.15, 0.2) is 10.2 Å². The van der Waals surface area contributed by atoms with E-state index in [0.29, 0.717) is 6.54 Å². The van der Waals surface area contributed by atoms with E-state index >= 15 is 0 Å². The highest BCUT2D eigenvalue weighted by molar-refractivity contribution is 5.57. The summed E-state index contributed by atoms with van der Waals surface area (Å²) in [5.41, 5.74) is 5.29. The van der Waals surface area contributed by atoms with E-state index in [1.165, 1.54) is 0 Å². The zero-order valence-corrected chi connectivity index (χ0v) is 6.86. The number of rotatable bonds is 6. The summed E-state index contributed by atoms with van der Waals surface area (Å²) in [6.45, 7) is 0.675. The molecule has 64 valence electrons. The third kappa shape index (κ3) is 5.66. The standard InChI is InChI=1S/C7H15N3O/c1-9-10-7(6-11)4-2-3-5-8/h6-7H,2-5,8H2,1H3. The topological polar surface area (TPSA) is 67.8 Å². The first-order valence-corrected chi connectivity index (χ1v) is 3.79. The number of unbranched alkanes of at least 4 members (excludes halogenated alkanes) is 1. The van der Waals surface area contributed by atoms with Gasteiger partial charge >= 0.3 is 0 Å². The Balaban J connectivity index is 3.44. The van der Waals surface area contributed by atoms with Crippen LogP contribution in [0, 0.1) is 0 Å². The van der Waals surface area contributed by atoms with Crippen molar-refractivity contribution < 1.29 is 4.79 Å². The van der Waals surface area contributed by atoms with Gasteiger partial charge in [0.2, 0.25) is 0 Å². The predicted molar refractivity (Wildman–Crippen MR) is 43.5 cm³/mol. The number of azo groups is 1. The van der Waals surface area contributed by atoms with Gasteiger partial charge in [-0.05, 0) is 25.8 Å². The Morgan fingerprint density at radius 2 is 2.27 bits per heavy atom. The van der Waals surface area contributed by atoms with Crippen molar-refractivity contribution in [3.05, 3.63) is 0 Å². The molecular formula is C7H15N3O. The first kappa shape index (κ1) is 10.2. The molecule has 0 rings (SSSR count). The Kier molecular flexibility index (Phi) is 6.82. The van der Waals surface area contributed by atoms with Crippen molar-refractivity contribution in [1.82, 2.24) is 0 Å². The lowest BCUT2D eigenvalue weighted by Gasteiger charge is -2.00. The second-order valence-corrected chi connectivity index (χ2v) is 2.30. The minimum absolute atomic E-state index is 0.258. The molecule has 0 aromatic rings. The van der Waals surface area contributed by atoms with E-state index in [1.807, 2.05) is 0 Å². The molecule has 0 aromatic heterocycles. The molecule has 0 bridgehead atoms. The molecule has 11 heavy (non-hydrogen) atoms. The lowest BCUT2D eigenvalue weighted by atomic mass is 10.1. The number of nitrogens with zero attached hydrogens (tertiary/aromatic N) is 2. The molecule has 0 radical (unpaired) electrons. The molecule has 1 atom stereocenters. The fraction of sp³-hybridized carbons (Fsp3) is 0.857. The van der Waals surface area contributed by atoms with Gasteiger partial charge in [0.25, 0.3) is 0 Å². The Hall–Kier alpha value is -0.770. The van der Waals surface area contributed by atoms with Gasteiger partial charge in [0.1, 0.15) is 12.3 Å². The first-order chi connectivity index (χ1) is 5.35. The Labute approximate surface area is 66.9 Å². The van der Waals surface area contributed by atoms with Crippen LogP contribution in [0.1, 0.15) is 19.3 Å². The number of aldehydes is 1. The largest absolute Gasteiger partial charge is 0.330 e. The van der Waals surface area contributed by atoms with Gasteiger partial charge < -0.3 is 10.5 Å². The van der Waals surface area contributed by atoms with Crippen LogP contribution in [0.4, 0.5) is 0 Å². The average Bonchev–Trinajstić information content (AvgIpc) is 2.03. The molecule has 0 saturated heterocycles. The van der Waals surface area contributed by atoms with Gasteiger partial charge in [-0.15, -0.1) is 0 Å². The van der Waals surface area contributed by atoms with Crippen molar-refractivity contribution in [2.45, 2.75) is 25.3 Å². The van der Waals surface area contributed by atoms with Crippen molar-refractivity contribution in [3.63, 3.8) is 0 Å². The SMILES string of the molecule is CN=NC(C=O)CCCCN. The summed E-state index contributed by atoms with van der Waals surface area (Å²) in [5, 5.41) is 7.28. The molecular weight excluding hydrogens is 142 g/mol. The minimum Gasteiger partial charge on any atom is -0.330 e. The Morgan fingerprint density at radius 1 is 1.55 bits per heavy atom. The van der Waals surface area contributed by atoms with Crippen molar-refractivity contribution in [1.29, 1.82) is 0 Å². The Morgan fingerprint density at radius 3 is 2.73 bits per heavy atom. The van der Waals surface area contributed by atoms with Gasteiger partial charge in [-0.2, -0.15) is 10.2 Å². The average molecular weight is 157 g/mol. The molecule has 1 unspecified atom stereocenters. The second-order valence-electron chi connectivity index (χ2n) is 2.30. The molecule has 0 aliphatic carbocycles.